The van der Waals surface area contributed by atoms with E-state index in [2.05, 4.69) is 0 Å². The van der Waals surface area contributed by atoms with Gasteiger partial charge in [0.05, 0.1) is 10.6 Å². The van der Waals surface area contributed by atoms with Gasteiger partial charge in [0.15, 0.2) is 9.84 Å². The Balaban J connectivity index is 2.56. The second-order valence-corrected chi connectivity index (χ2v) is 6.45. The summed E-state index contributed by atoms with van der Waals surface area (Å²) in [6, 6.07) is 4.83. The zero-order valence-corrected chi connectivity index (χ0v) is 10.3. The highest BCUT2D eigenvalue weighted by Crippen LogP contribution is 2.41. The lowest BCUT2D eigenvalue weighted by Gasteiger charge is -2.08. The summed E-state index contributed by atoms with van der Waals surface area (Å²) in [6.07, 6.45) is 0.232. The minimum absolute atomic E-state index is 0.00829. The minimum atomic E-state index is -3.26. The van der Waals surface area contributed by atoms with E-state index < -0.39 is 9.84 Å². The lowest BCUT2D eigenvalue weighted by molar-refractivity contribution is -0.117. The number of rotatable bonds is 2. The molecule has 0 saturated heterocycles. The monoisotopic (exact) mass is 258 g/mol. The Morgan fingerprint density at radius 1 is 1.50 bits per heavy atom. The highest BCUT2D eigenvalue weighted by molar-refractivity contribution is 7.91. The summed E-state index contributed by atoms with van der Waals surface area (Å²) in [5.41, 5.74) is 0.611. The van der Waals surface area contributed by atoms with Crippen LogP contribution in [0.2, 0.25) is 5.02 Å². The van der Waals surface area contributed by atoms with Gasteiger partial charge in [-0.1, -0.05) is 17.7 Å². The maximum atomic E-state index is 11.8. The topological polar surface area (TPSA) is 51.2 Å². The smallest absolute Gasteiger partial charge is 0.179 e. The van der Waals surface area contributed by atoms with E-state index in [4.69, 9.17) is 11.6 Å². The SMILES string of the molecule is CC(=O)CC1CS(=O)(=O)c2cccc(Cl)c21. The molecule has 0 bridgehead atoms. The molecule has 0 N–H and O–H groups in total. The molecule has 1 atom stereocenters. The van der Waals surface area contributed by atoms with Crippen LogP contribution in [0.3, 0.4) is 0 Å². The number of carbonyl (C=O) groups excluding carboxylic acids is 1. The van der Waals surface area contributed by atoms with Crippen molar-refractivity contribution in [2.45, 2.75) is 24.2 Å². The van der Waals surface area contributed by atoms with Gasteiger partial charge in [-0.05, 0) is 24.6 Å². The number of fused-ring (bicyclic) bond motifs is 1. The van der Waals surface area contributed by atoms with Gasteiger partial charge in [0, 0.05) is 17.4 Å². The van der Waals surface area contributed by atoms with Crippen LogP contribution in [0.1, 0.15) is 24.8 Å². The maximum absolute atomic E-state index is 11.8. The van der Waals surface area contributed by atoms with Crippen LogP contribution in [0.4, 0.5) is 0 Å². The summed E-state index contributed by atoms with van der Waals surface area (Å²) in [7, 11) is -3.26. The van der Waals surface area contributed by atoms with Crippen molar-refractivity contribution in [2.24, 2.45) is 0 Å². The van der Waals surface area contributed by atoms with E-state index >= 15 is 0 Å². The van der Waals surface area contributed by atoms with Crippen molar-refractivity contribution < 1.29 is 13.2 Å². The Morgan fingerprint density at radius 3 is 2.81 bits per heavy atom. The van der Waals surface area contributed by atoms with Crippen LogP contribution in [0.15, 0.2) is 23.1 Å². The first-order valence-corrected chi connectivity index (χ1v) is 6.95. The summed E-state index contributed by atoms with van der Waals surface area (Å²) < 4.78 is 23.7. The molecule has 2 rings (SSSR count). The number of hydrogen-bond donors (Lipinski definition) is 0. The van der Waals surface area contributed by atoms with Gasteiger partial charge in [-0.15, -0.1) is 0 Å². The summed E-state index contributed by atoms with van der Waals surface area (Å²) in [4.78, 5) is 11.4. The minimum Gasteiger partial charge on any atom is -0.300 e. The number of benzene rings is 1. The Morgan fingerprint density at radius 2 is 2.19 bits per heavy atom. The zero-order chi connectivity index (χ0) is 11.9. The van der Waals surface area contributed by atoms with Crippen molar-refractivity contribution in [2.75, 3.05) is 5.75 Å². The summed E-state index contributed by atoms with van der Waals surface area (Å²) in [5.74, 6) is -0.315. The zero-order valence-electron chi connectivity index (χ0n) is 8.73. The first kappa shape index (κ1) is 11.6. The van der Waals surface area contributed by atoms with E-state index in [9.17, 15) is 13.2 Å². The quantitative estimate of drug-likeness (QED) is 0.817. The van der Waals surface area contributed by atoms with Crippen LogP contribution in [0.5, 0.6) is 0 Å². The molecule has 0 radical (unpaired) electrons. The highest BCUT2D eigenvalue weighted by Gasteiger charge is 2.36. The van der Waals surface area contributed by atoms with Crippen LogP contribution in [-0.4, -0.2) is 20.0 Å². The predicted octanol–water partition coefficient (Wildman–Crippen LogP) is 2.19. The third-order valence-electron chi connectivity index (χ3n) is 2.71. The van der Waals surface area contributed by atoms with E-state index in [1.165, 1.54) is 6.92 Å². The molecule has 0 saturated carbocycles. The third-order valence-corrected chi connectivity index (χ3v) is 4.91. The fraction of sp³-hybridized carbons (Fsp3) is 0.364. The van der Waals surface area contributed by atoms with Crippen LogP contribution < -0.4 is 0 Å². The molecule has 1 aliphatic rings. The lowest BCUT2D eigenvalue weighted by atomic mass is 9.96. The highest BCUT2D eigenvalue weighted by atomic mass is 35.5. The average molecular weight is 259 g/mol. The molecule has 0 aliphatic carbocycles. The number of hydrogen-bond acceptors (Lipinski definition) is 3. The van der Waals surface area contributed by atoms with E-state index in [0.29, 0.717) is 10.6 Å². The predicted molar refractivity (Wildman–Crippen MR) is 61.5 cm³/mol. The molecule has 1 unspecified atom stereocenters. The molecule has 0 fully saturated rings. The Labute approximate surface area is 99.3 Å². The van der Waals surface area contributed by atoms with E-state index in [1.807, 2.05) is 0 Å². The van der Waals surface area contributed by atoms with Gasteiger partial charge in [-0.2, -0.15) is 0 Å². The molecule has 3 nitrogen and oxygen atoms in total. The largest absolute Gasteiger partial charge is 0.300 e. The second-order valence-electron chi connectivity index (χ2n) is 4.04. The molecule has 0 amide bonds. The van der Waals surface area contributed by atoms with Crippen LogP contribution in [-0.2, 0) is 14.6 Å². The van der Waals surface area contributed by atoms with Crippen molar-refractivity contribution in [1.82, 2.24) is 0 Å². The summed E-state index contributed by atoms with van der Waals surface area (Å²) >= 11 is 6.00. The number of Topliss-reactive ketones (excluding diaryl/α,β-unsaturated/α-hetero) is 1. The van der Waals surface area contributed by atoms with E-state index in [1.54, 1.807) is 18.2 Å². The van der Waals surface area contributed by atoms with Gasteiger partial charge in [0.25, 0.3) is 0 Å². The molecule has 16 heavy (non-hydrogen) atoms. The van der Waals surface area contributed by atoms with Crippen molar-refractivity contribution in [3.8, 4) is 0 Å². The average Bonchev–Trinajstić information content (AvgIpc) is 2.38. The molecule has 5 heteroatoms. The maximum Gasteiger partial charge on any atom is 0.179 e. The van der Waals surface area contributed by atoms with Gasteiger partial charge in [0.1, 0.15) is 5.78 Å². The normalized spacial score (nSPS) is 21.8. The second kappa shape index (κ2) is 3.86. The van der Waals surface area contributed by atoms with E-state index in [-0.39, 0.29) is 28.8 Å². The van der Waals surface area contributed by atoms with Crippen molar-refractivity contribution in [3.63, 3.8) is 0 Å². The van der Waals surface area contributed by atoms with E-state index in [0.717, 1.165) is 0 Å². The molecule has 86 valence electrons. The third kappa shape index (κ3) is 1.87. The van der Waals surface area contributed by atoms with Crippen molar-refractivity contribution in [1.29, 1.82) is 0 Å². The fourth-order valence-electron chi connectivity index (χ4n) is 2.13. The number of sulfone groups is 1. The van der Waals surface area contributed by atoms with Crippen LogP contribution >= 0.6 is 11.6 Å². The molecular weight excluding hydrogens is 248 g/mol. The van der Waals surface area contributed by atoms with Crippen LogP contribution in [0, 0.1) is 0 Å². The Hall–Kier alpha value is -0.870. The summed E-state index contributed by atoms with van der Waals surface area (Å²) in [6.45, 7) is 1.46. The Bertz CT molecular complexity index is 548. The Kier molecular flexibility index (Phi) is 2.80. The number of halogens is 1. The van der Waals surface area contributed by atoms with Gasteiger partial charge < -0.3 is 4.79 Å². The molecule has 1 aromatic carbocycles. The van der Waals surface area contributed by atoms with Gasteiger partial charge in [-0.3, -0.25) is 0 Å². The molecule has 1 aromatic rings. The number of ketones is 1. The lowest BCUT2D eigenvalue weighted by Crippen LogP contribution is -2.07. The molecule has 1 heterocycles. The van der Waals surface area contributed by atoms with Crippen molar-refractivity contribution >= 4 is 27.2 Å². The molecular formula is C11H11ClO3S. The molecule has 0 spiro atoms. The van der Waals surface area contributed by atoms with Gasteiger partial charge in [-0.25, -0.2) is 8.42 Å². The number of carbonyl (C=O) groups is 1. The summed E-state index contributed by atoms with van der Waals surface area (Å²) in [5, 5.41) is 0.435. The fourth-order valence-corrected chi connectivity index (χ4v) is 4.41. The first-order valence-electron chi connectivity index (χ1n) is 4.92. The van der Waals surface area contributed by atoms with Crippen LogP contribution in [0.25, 0.3) is 0 Å². The standard InChI is InChI=1S/C11H11ClO3S/c1-7(13)5-8-6-16(14,15)10-4-2-3-9(12)11(8)10/h2-4,8H,5-6H2,1H3. The first-order chi connectivity index (χ1) is 7.42. The van der Waals surface area contributed by atoms with Gasteiger partial charge >= 0.3 is 0 Å². The van der Waals surface area contributed by atoms with Gasteiger partial charge in [0.2, 0.25) is 0 Å². The van der Waals surface area contributed by atoms with Crippen molar-refractivity contribution in [3.05, 3.63) is 28.8 Å². The molecule has 0 aromatic heterocycles. The molecule has 1 aliphatic heterocycles.